The largest absolute Gasteiger partial charge is 0.336 e. The molecular weight excluding hydrogens is 383 g/mol. The van der Waals surface area contributed by atoms with E-state index in [9.17, 15) is 4.79 Å². The molecule has 0 unspecified atom stereocenters. The SMILES string of the molecule is O=C(Nc1c(Cl)cccc1Cl)c1ccnc(N2CCc3ccccc3C2)n1. The highest BCUT2D eigenvalue weighted by molar-refractivity contribution is 6.40. The number of carbonyl (C=O) groups excluding carboxylic acids is 1. The van der Waals surface area contributed by atoms with Crippen LogP contribution in [0.4, 0.5) is 11.6 Å². The Balaban J connectivity index is 1.55. The average molecular weight is 399 g/mol. The van der Waals surface area contributed by atoms with Gasteiger partial charge < -0.3 is 10.2 Å². The summed E-state index contributed by atoms with van der Waals surface area (Å²) in [6.45, 7) is 1.52. The number of nitrogens with zero attached hydrogens (tertiary/aromatic N) is 3. The van der Waals surface area contributed by atoms with Crippen LogP contribution in [0.15, 0.2) is 54.7 Å². The Morgan fingerprint density at radius 3 is 2.52 bits per heavy atom. The molecule has 0 saturated heterocycles. The minimum Gasteiger partial charge on any atom is -0.336 e. The fraction of sp³-hybridized carbons (Fsp3) is 0.150. The molecule has 0 fully saturated rings. The summed E-state index contributed by atoms with van der Waals surface area (Å²) in [5.74, 6) is 0.147. The Kier molecular flexibility index (Phi) is 4.97. The normalized spacial score (nSPS) is 13.2. The zero-order valence-corrected chi connectivity index (χ0v) is 15.8. The lowest BCUT2D eigenvalue weighted by Crippen LogP contribution is -2.32. The van der Waals surface area contributed by atoms with Gasteiger partial charge in [0.05, 0.1) is 15.7 Å². The van der Waals surface area contributed by atoms with E-state index in [1.54, 1.807) is 30.5 Å². The molecule has 0 saturated carbocycles. The van der Waals surface area contributed by atoms with Crippen molar-refractivity contribution in [3.63, 3.8) is 0 Å². The van der Waals surface area contributed by atoms with Crippen LogP contribution in [0.5, 0.6) is 0 Å². The van der Waals surface area contributed by atoms with Crippen molar-refractivity contribution in [1.82, 2.24) is 9.97 Å². The van der Waals surface area contributed by atoms with Gasteiger partial charge in [-0.3, -0.25) is 4.79 Å². The number of hydrogen-bond acceptors (Lipinski definition) is 4. The number of halogens is 2. The van der Waals surface area contributed by atoms with Crippen LogP contribution in [0.1, 0.15) is 21.6 Å². The highest BCUT2D eigenvalue weighted by Crippen LogP contribution is 2.30. The predicted molar refractivity (Wildman–Crippen MR) is 108 cm³/mol. The number of para-hydroxylation sites is 1. The molecule has 2 heterocycles. The van der Waals surface area contributed by atoms with E-state index in [1.807, 2.05) is 6.07 Å². The standard InChI is InChI=1S/C20H16Cl2N4O/c21-15-6-3-7-16(22)18(15)25-19(27)17-8-10-23-20(24-17)26-11-9-13-4-1-2-5-14(13)12-26/h1-8,10H,9,11-12H2,(H,25,27). The highest BCUT2D eigenvalue weighted by atomic mass is 35.5. The number of rotatable bonds is 3. The summed E-state index contributed by atoms with van der Waals surface area (Å²) in [5.41, 5.74) is 3.23. The molecule has 0 bridgehead atoms. The number of nitrogens with one attached hydrogen (secondary N) is 1. The molecule has 0 aliphatic carbocycles. The van der Waals surface area contributed by atoms with Gasteiger partial charge in [-0.1, -0.05) is 53.5 Å². The van der Waals surface area contributed by atoms with Crippen LogP contribution >= 0.6 is 23.2 Å². The van der Waals surface area contributed by atoms with Gasteiger partial charge in [-0.15, -0.1) is 0 Å². The van der Waals surface area contributed by atoms with Crippen LogP contribution < -0.4 is 10.2 Å². The summed E-state index contributed by atoms with van der Waals surface area (Å²) in [6, 6.07) is 15.0. The van der Waals surface area contributed by atoms with Gasteiger partial charge in [0.2, 0.25) is 5.95 Å². The molecule has 1 amide bonds. The fourth-order valence-electron chi connectivity index (χ4n) is 3.09. The zero-order valence-electron chi connectivity index (χ0n) is 14.3. The Bertz CT molecular complexity index is 989. The van der Waals surface area contributed by atoms with E-state index >= 15 is 0 Å². The van der Waals surface area contributed by atoms with E-state index in [0.717, 1.165) is 19.5 Å². The summed E-state index contributed by atoms with van der Waals surface area (Å²) in [4.78, 5) is 23.5. The van der Waals surface area contributed by atoms with Crippen molar-refractivity contribution in [2.24, 2.45) is 0 Å². The van der Waals surface area contributed by atoms with Crippen molar-refractivity contribution in [2.45, 2.75) is 13.0 Å². The second-order valence-electron chi connectivity index (χ2n) is 6.23. The molecule has 0 atom stereocenters. The molecule has 27 heavy (non-hydrogen) atoms. The molecule has 5 nitrogen and oxygen atoms in total. The van der Waals surface area contributed by atoms with Gasteiger partial charge in [0, 0.05) is 19.3 Å². The van der Waals surface area contributed by atoms with Crippen LogP contribution in [0.3, 0.4) is 0 Å². The van der Waals surface area contributed by atoms with Crippen molar-refractivity contribution >= 4 is 40.7 Å². The number of benzene rings is 2. The monoisotopic (exact) mass is 398 g/mol. The van der Waals surface area contributed by atoms with Gasteiger partial charge in [-0.25, -0.2) is 9.97 Å². The van der Waals surface area contributed by atoms with E-state index < -0.39 is 0 Å². The lowest BCUT2D eigenvalue weighted by atomic mass is 10.0. The fourth-order valence-corrected chi connectivity index (χ4v) is 3.58. The third-order valence-corrected chi connectivity index (χ3v) is 5.12. The van der Waals surface area contributed by atoms with Crippen molar-refractivity contribution in [3.05, 3.63) is 81.6 Å². The number of amides is 1. The maximum Gasteiger partial charge on any atom is 0.274 e. The predicted octanol–water partition coefficient (Wildman–Crippen LogP) is 4.60. The molecule has 2 aromatic carbocycles. The molecule has 0 radical (unpaired) electrons. The second-order valence-corrected chi connectivity index (χ2v) is 7.05. The molecule has 7 heteroatoms. The van der Waals surface area contributed by atoms with Crippen LogP contribution in [0.2, 0.25) is 10.0 Å². The van der Waals surface area contributed by atoms with E-state index in [4.69, 9.17) is 23.2 Å². The quantitative estimate of drug-likeness (QED) is 0.700. The molecular formula is C20H16Cl2N4O. The van der Waals surface area contributed by atoms with Crippen LogP contribution in [-0.2, 0) is 13.0 Å². The Morgan fingerprint density at radius 2 is 1.74 bits per heavy atom. The first-order chi connectivity index (χ1) is 13.1. The zero-order chi connectivity index (χ0) is 18.8. The first-order valence-corrected chi connectivity index (χ1v) is 9.27. The molecule has 0 spiro atoms. The van der Waals surface area contributed by atoms with E-state index in [-0.39, 0.29) is 11.6 Å². The van der Waals surface area contributed by atoms with E-state index in [1.165, 1.54) is 11.1 Å². The summed E-state index contributed by atoms with van der Waals surface area (Å²) >= 11 is 12.2. The van der Waals surface area contributed by atoms with Crippen molar-refractivity contribution in [1.29, 1.82) is 0 Å². The van der Waals surface area contributed by atoms with Crippen molar-refractivity contribution in [3.8, 4) is 0 Å². The highest BCUT2D eigenvalue weighted by Gasteiger charge is 2.20. The third kappa shape index (κ3) is 3.75. The van der Waals surface area contributed by atoms with Crippen molar-refractivity contribution < 1.29 is 4.79 Å². The van der Waals surface area contributed by atoms with Gasteiger partial charge in [0.25, 0.3) is 5.91 Å². The number of anilines is 2. The molecule has 1 aliphatic heterocycles. The van der Waals surface area contributed by atoms with Gasteiger partial charge in [0.1, 0.15) is 5.69 Å². The minimum atomic E-state index is -0.383. The van der Waals surface area contributed by atoms with Gasteiger partial charge >= 0.3 is 0 Å². The smallest absolute Gasteiger partial charge is 0.274 e. The molecule has 136 valence electrons. The van der Waals surface area contributed by atoms with Gasteiger partial charge in [-0.05, 0) is 35.7 Å². The molecule has 1 aliphatic rings. The topological polar surface area (TPSA) is 58.1 Å². The second kappa shape index (κ2) is 7.55. The maximum atomic E-state index is 12.6. The maximum absolute atomic E-state index is 12.6. The van der Waals surface area contributed by atoms with Crippen LogP contribution in [0, 0.1) is 0 Å². The number of hydrogen-bond donors (Lipinski definition) is 1. The average Bonchev–Trinajstić information content (AvgIpc) is 2.70. The van der Waals surface area contributed by atoms with Gasteiger partial charge in [-0.2, -0.15) is 0 Å². The third-order valence-electron chi connectivity index (χ3n) is 4.49. The molecule has 4 rings (SSSR count). The van der Waals surface area contributed by atoms with E-state index in [0.29, 0.717) is 21.7 Å². The summed E-state index contributed by atoms with van der Waals surface area (Å²) in [6.07, 6.45) is 2.51. The Morgan fingerprint density at radius 1 is 1.00 bits per heavy atom. The first kappa shape index (κ1) is 17.8. The lowest BCUT2D eigenvalue weighted by Gasteiger charge is -2.28. The molecule has 1 aromatic heterocycles. The molecule has 1 N–H and O–H groups in total. The summed E-state index contributed by atoms with van der Waals surface area (Å²) < 4.78 is 0. The van der Waals surface area contributed by atoms with Crippen LogP contribution in [-0.4, -0.2) is 22.4 Å². The van der Waals surface area contributed by atoms with Gasteiger partial charge in [0.15, 0.2) is 0 Å². The number of aromatic nitrogens is 2. The Labute approximate surface area is 167 Å². The first-order valence-electron chi connectivity index (χ1n) is 8.52. The summed E-state index contributed by atoms with van der Waals surface area (Å²) in [5, 5.41) is 3.47. The van der Waals surface area contributed by atoms with Crippen LogP contribution in [0.25, 0.3) is 0 Å². The number of fused-ring (bicyclic) bond motifs is 1. The minimum absolute atomic E-state index is 0.259. The number of carbonyl (C=O) groups is 1. The Hall–Kier alpha value is -2.63. The molecule has 3 aromatic rings. The summed E-state index contributed by atoms with van der Waals surface area (Å²) in [7, 11) is 0. The van der Waals surface area contributed by atoms with E-state index in [2.05, 4.69) is 38.4 Å². The van der Waals surface area contributed by atoms with Crippen molar-refractivity contribution in [2.75, 3.05) is 16.8 Å². The lowest BCUT2D eigenvalue weighted by molar-refractivity contribution is 0.102.